The number of nitrogens with one attached hydrogen (secondary N) is 1. The maximum absolute atomic E-state index is 12.3. The van der Waals surface area contributed by atoms with Crippen LogP contribution in [-0.4, -0.2) is 18.0 Å². The minimum Gasteiger partial charge on any atom is -0.399 e. The quantitative estimate of drug-likeness (QED) is 0.739. The zero-order chi connectivity index (χ0) is 14.9. The monoisotopic (exact) mass is 422 g/mol. The molecule has 0 aliphatic heterocycles. The minimum atomic E-state index is -3.74. The number of hydrogen-bond donors (Lipinski definition) is 2. The summed E-state index contributed by atoms with van der Waals surface area (Å²) in [4.78, 5) is 3.89. The van der Waals surface area contributed by atoms with Gasteiger partial charge in [0.05, 0.1) is 12.0 Å². The lowest BCUT2D eigenvalue weighted by Gasteiger charge is -2.11. The number of hydrogen-bond acceptors (Lipinski definition) is 4. The number of halogens is 2. The standard InChI is InChI=1S/C11H12Br2N4O2S/c1-2-17-5-10(15-6-17)20(18,19)16-11-8(12)3-7(14)4-9(11)13/h3-6,16H,2,14H2,1H3. The molecule has 1 aromatic heterocycles. The molecule has 0 radical (unpaired) electrons. The van der Waals surface area contributed by atoms with Crippen LogP contribution in [0.4, 0.5) is 11.4 Å². The van der Waals surface area contributed by atoms with E-state index in [1.807, 2.05) is 6.92 Å². The summed E-state index contributed by atoms with van der Waals surface area (Å²) in [7, 11) is -3.74. The summed E-state index contributed by atoms with van der Waals surface area (Å²) >= 11 is 6.56. The van der Waals surface area contributed by atoms with Crippen LogP contribution in [0.2, 0.25) is 0 Å². The fourth-order valence-corrected chi connectivity index (χ4v) is 4.26. The number of nitrogen functional groups attached to an aromatic ring is 1. The lowest BCUT2D eigenvalue weighted by molar-refractivity contribution is 0.598. The molecule has 1 heterocycles. The van der Waals surface area contributed by atoms with Crippen molar-refractivity contribution in [3.8, 4) is 0 Å². The zero-order valence-corrected chi connectivity index (χ0v) is 14.5. The van der Waals surface area contributed by atoms with E-state index in [4.69, 9.17) is 5.73 Å². The average Bonchev–Trinajstić information content (AvgIpc) is 2.83. The minimum absolute atomic E-state index is 0.0324. The van der Waals surface area contributed by atoms with E-state index < -0.39 is 10.0 Å². The number of nitrogens with zero attached hydrogens (tertiary/aromatic N) is 2. The summed E-state index contributed by atoms with van der Waals surface area (Å²) in [6, 6.07) is 3.24. The van der Waals surface area contributed by atoms with Crippen molar-refractivity contribution in [2.24, 2.45) is 0 Å². The maximum atomic E-state index is 12.3. The van der Waals surface area contributed by atoms with Crippen molar-refractivity contribution in [3.63, 3.8) is 0 Å². The van der Waals surface area contributed by atoms with Crippen LogP contribution in [0.1, 0.15) is 6.92 Å². The molecule has 3 N–H and O–H groups in total. The molecular formula is C11H12Br2N4O2S. The number of anilines is 2. The third kappa shape index (κ3) is 3.15. The van der Waals surface area contributed by atoms with E-state index in [0.29, 0.717) is 26.9 Å². The number of aromatic nitrogens is 2. The molecule has 2 aromatic rings. The summed E-state index contributed by atoms with van der Waals surface area (Å²) in [6.45, 7) is 2.55. The Labute approximate surface area is 133 Å². The Morgan fingerprint density at radius 2 is 1.95 bits per heavy atom. The third-order valence-corrected chi connectivity index (χ3v) is 5.04. The van der Waals surface area contributed by atoms with Crippen LogP contribution in [0.3, 0.4) is 0 Å². The summed E-state index contributed by atoms with van der Waals surface area (Å²) in [5, 5.41) is -0.0324. The first-order valence-corrected chi connectivity index (χ1v) is 8.69. The molecule has 6 nitrogen and oxygen atoms in total. The van der Waals surface area contributed by atoms with Crippen molar-refractivity contribution in [1.82, 2.24) is 9.55 Å². The second kappa shape index (κ2) is 5.74. The fraction of sp³-hybridized carbons (Fsp3) is 0.182. The van der Waals surface area contributed by atoms with Gasteiger partial charge in [0.15, 0.2) is 5.03 Å². The van der Waals surface area contributed by atoms with E-state index in [0.717, 1.165) is 0 Å². The van der Waals surface area contributed by atoms with Crippen molar-refractivity contribution >= 4 is 53.3 Å². The molecule has 1 aromatic carbocycles. The molecule has 9 heteroatoms. The largest absolute Gasteiger partial charge is 0.399 e. The molecule has 20 heavy (non-hydrogen) atoms. The third-order valence-electron chi connectivity index (χ3n) is 2.55. The average molecular weight is 424 g/mol. The van der Waals surface area contributed by atoms with Crippen molar-refractivity contribution < 1.29 is 8.42 Å². The van der Waals surface area contributed by atoms with E-state index in [1.54, 1.807) is 16.7 Å². The van der Waals surface area contributed by atoms with Crippen molar-refractivity contribution in [3.05, 3.63) is 33.6 Å². The summed E-state index contributed by atoms with van der Waals surface area (Å²) < 4.78 is 29.8. The molecule has 0 saturated carbocycles. The fourth-order valence-electron chi connectivity index (χ4n) is 1.53. The van der Waals surface area contributed by atoms with Gasteiger partial charge in [-0.15, -0.1) is 0 Å². The van der Waals surface area contributed by atoms with Crippen LogP contribution in [0.15, 0.2) is 38.6 Å². The van der Waals surface area contributed by atoms with E-state index in [-0.39, 0.29) is 5.03 Å². The highest BCUT2D eigenvalue weighted by Gasteiger charge is 2.20. The van der Waals surface area contributed by atoms with Crippen LogP contribution in [0.5, 0.6) is 0 Å². The Hall–Kier alpha value is -1.06. The van der Waals surface area contributed by atoms with Gasteiger partial charge < -0.3 is 10.3 Å². The van der Waals surface area contributed by atoms with Gasteiger partial charge in [0.1, 0.15) is 0 Å². The number of benzene rings is 1. The van der Waals surface area contributed by atoms with Crippen molar-refractivity contribution in [2.75, 3.05) is 10.5 Å². The number of imidazole rings is 1. The second-order valence-electron chi connectivity index (χ2n) is 4.01. The molecule has 0 atom stereocenters. The summed E-state index contributed by atoms with van der Waals surface area (Å²) in [5.41, 5.74) is 6.57. The van der Waals surface area contributed by atoms with Gasteiger partial charge in [-0.3, -0.25) is 4.72 Å². The first-order chi connectivity index (χ1) is 9.33. The van der Waals surface area contributed by atoms with E-state index in [9.17, 15) is 8.42 Å². The maximum Gasteiger partial charge on any atom is 0.281 e. The number of rotatable bonds is 4. The predicted octanol–water partition coefficient (Wildman–Crippen LogP) is 2.81. The molecule has 108 valence electrons. The van der Waals surface area contributed by atoms with Crippen LogP contribution in [-0.2, 0) is 16.6 Å². The number of aryl methyl sites for hydroxylation is 1. The second-order valence-corrected chi connectivity index (χ2v) is 7.35. The Morgan fingerprint density at radius 3 is 2.45 bits per heavy atom. The molecule has 0 aliphatic carbocycles. The lowest BCUT2D eigenvalue weighted by atomic mass is 10.3. The molecule has 0 amide bonds. The molecular weight excluding hydrogens is 412 g/mol. The van der Waals surface area contributed by atoms with Crippen molar-refractivity contribution in [2.45, 2.75) is 18.5 Å². The molecule has 0 unspecified atom stereocenters. The normalized spacial score (nSPS) is 11.6. The van der Waals surface area contributed by atoms with Gasteiger partial charge in [-0.2, -0.15) is 8.42 Å². The van der Waals surface area contributed by atoms with Gasteiger partial charge in [-0.05, 0) is 50.9 Å². The zero-order valence-electron chi connectivity index (χ0n) is 10.5. The number of nitrogens with two attached hydrogens (primary N) is 1. The molecule has 0 saturated heterocycles. The Morgan fingerprint density at radius 1 is 1.35 bits per heavy atom. The topological polar surface area (TPSA) is 90.0 Å². The Bertz CT molecular complexity index is 720. The van der Waals surface area contributed by atoms with E-state index >= 15 is 0 Å². The Kier molecular flexibility index (Phi) is 4.40. The highest BCUT2D eigenvalue weighted by Crippen LogP contribution is 2.34. The molecule has 0 spiro atoms. The van der Waals surface area contributed by atoms with Crippen LogP contribution in [0.25, 0.3) is 0 Å². The van der Waals surface area contributed by atoms with E-state index in [2.05, 4.69) is 41.6 Å². The Balaban J connectivity index is 2.38. The smallest absolute Gasteiger partial charge is 0.281 e. The van der Waals surface area contributed by atoms with Crippen molar-refractivity contribution in [1.29, 1.82) is 0 Å². The molecule has 2 rings (SSSR count). The van der Waals surface area contributed by atoms with E-state index in [1.165, 1.54) is 12.5 Å². The summed E-state index contributed by atoms with van der Waals surface area (Å²) in [6.07, 6.45) is 2.95. The molecule has 0 bridgehead atoms. The first kappa shape index (κ1) is 15.3. The molecule has 0 fully saturated rings. The van der Waals surface area contributed by atoms with Crippen LogP contribution in [0, 0.1) is 0 Å². The first-order valence-electron chi connectivity index (χ1n) is 5.62. The van der Waals surface area contributed by atoms with Gasteiger partial charge >= 0.3 is 0 Å². The van der Waals surface area contributed by atoms with Crippen LogP contribution >= 0.6 is 31.9 Å². The van der Waals surface area contributed by atoms with Gasteiger partial charge in [-0.1, -0.05) is 0 Å². The highest BCUT2D eigenvalue weighted by molar-refractivity contribution is 9.11. The van der Waals surface area contributed by atoms with Gasteiger partial charge in [0.2, 0.25) is 0 Å². The molecule has 0 aliphatic rings. The summed E-state index contributed by atoms with van der Waals surface area (Å²) in [5.74, 6) is 0. The SMILES string of the molecule is CCn1cnc(S(=O)(=O)Nc2c(Br)cc(N)cc2Br)c1. The van der Waals surface area contributed by atoms with Gasteiger partial charge in [0, 0.05) is 27.4 Å². The lowest BCUT2D eigenvalue weighted by Crippen LogP contribution is -2.14. The van der Waals surface area contributed by atoms with Gasteiger partial charge in [0.25, 0.3) is 10.0 Å². The van der Waals surface area contributed by atoms with Gasteiger partial charge in [-0.25, -0.2) is 4.98 Å². The predicted molar refractivity (Wildman–Crippen MR) is 85.0 cm³/mol. The number of sulfonamides is 1. The van der Waals surface area contributed by atoms with Crippen LogP contribution < -0.4 is 10.5 Å². The highest BCUT2D eigenvalue weighted by atomic mass is 79.9.